The van der Waals surface area contributed by atoms with Crippen LogP contribution in [0.25, 0.3) is 0 Å². The zero-order valence-electron chi connectivity index (χ0n) is 15.0. The first-order valence-electron chi connectivity index (χ1n) is 8.75. The third-order valence-corrected chi connectivity index (χ3v) is 4.33. The minimum absolute atomic E-state index is 0.119. The average Bonchev–Trinajstić information content (AvgIpc) is 2.94. The van der Waals surface area contributed by atoms with Crippen molar-refractivity contribution in [3.05, 3.63) is 0 Å². The molecular weight excluding hydrogens is 384 g/mol. The van der Waals surface area contributed by atoms with Gasteiger partial charge in [0.05, 0.1) is 6.61 Å². The molecule has 2 aliphatic heterocycles. The summed E-state index contributed by atoms with van der Waals surface area (Å²) in [6.07, 6.45) is -12.8. The van der Waals surface area contributed by atoms with E-state index in [1.807, 2.05) is 0 Å². The Bertz CT molecular complexity index is 578. The summed E-state index contributed by atoms with van der Waals surface area (Å²) in [7, 11) is 0. The first-order chi connectivity index (χ1) is 13.2. The van der Waals surface area contributed by atoms with Gasteiger partial charge < -0.3 is 44.5 Å². The monoisotopic (exact) mass is 408 g/mol. The lowest BCUT2D eigenvalue weighted by atomic mass is 9.99. The van der Waals surface area contributed by atoms with Gasteiger partial charge in [0.2, 0.25) is 11.9 Å². The Labute approximate surface area is 159 Å². The summed E-state index contributed by atoms with van der Waals surface area (Å²) in [6.45, 7) is 0.453. The van der Waals surface area contributed by atoms with Crippen molar-refractivity contribution in [3.8, 4) is 0 Å². The zero-order chi connectivity index (χ0) is 21.0. The predicted octanol–water partition coefficient (Wildman–Crippen LogP) is -3.63. The van der Waals surface area contributed by atoms with Gasteiger partial charge in [0, 0.05) is 6.42 Å². The molecule has 2 saturated heterocycles. The highest BCUT2D eigenvalue weighted by atomic mass is 16.7. The molecule has 0 saturated carbocycles. The molecule has 8 atom stereocenters. The van der Waals surface area contributed by atoms with Crippen LogP contribution in [0.15, 0.2) is 0 Å². The summed E-state index contributed by atoms with van der Waals surface area (Å²) >= 11 is 0. The number of hydrogen-bond acceptors (Lipinski definition) is 12. The second kappa shape index (κ2) is 9.69. The van der Waals surface area contributed by atoms with Crippen LogP contribution in [-0.2, 0) is 33.3 Å². The van der Waals surface area contributed by atoms with Gasteiger partial charge in [-0.15, -0.1) is 0 Å². The van der Waals surface area contributed by atoms with Gasteiger partial charge in [0.1, 0.15) is 37.1 Å². The van der Waals surface area contributed by atoms with E-state index in [1.165, 1.54) is 0 Å². The molecule has 0 aromatic carbocycles. The van der Waals surface area contributed by atoms with Crippen molar-refractivity contribution in [3.63, 3.8) is 0 Å². The van der Waals surface area contributed by atoms with Gasteiger partial charge in [-0.2, -0.15) is 0 Å². The van der Waals surface area contributed by atoms with Crippen molar-refractivity contribution in [2.24, 2.45) is 0 Å². The average molecular weight is 408 g/mol. The van der Waals surface area contributed by atoms with Crippen LogP contribution in [0.4, 0.5) is 0 Å². The van der Waals surface area contributed by atoms with Crippen LogP contribution < -0.4 is 0 Å². The highest BCUT2D eigenvalue weighted by molar-refractivity contribution is 6.09. The Morgan fingerprint density at radius 1 is 1.18 bits per heavy atom. The highest BCUT2D eigenvalue weighted by Crippen LogP contribution is 2.26. The SMILES string of the molecule is CCCC(=O)OC[C@@H](O)C1OC(=O)C(O[C@H]2O[C@H](CO)[C@@H](O)[C@H](O)[C@H]2O)C1=O. The van der Waals surface area contributed by atoms with Crippen molar-refractivity contribution >= 4 is 17.7 Å². The van der Waals surface area contributed by atoms with Crippen LogP contribution in [0.3, 0.4) is 0 Å². The van der Waals surface area contributed by atoms with Crippen molar-refractivity contribution in [2.75, 3.05) is 13.2 Å². The number of aliphatic hydroxyl groups excluding tert-OH is 5. The summed E-state index contributed by atoms with van der Waals surface area (Å²) in [5.74, 6) is -2.76. The number of carbonyl (C=O) groups excluding carboxylic acids is 3. The smallest absolute Gasteiger partial charge is 0.344 e. The highest BCUT2D eigenvalue weighted by Gasteiger charge is 2.52. The summed E-state index contributed by atoms with van der Waals surface area (Å²) in [5, 5.41) is 48.5. The fraction of sp³-hybridized carbons (Fsp3) is 0.812. The number of rotatable bonds is 8. The van der Waals surface area contributed by atoms with Crippen LogP contribution >= 0.6 is 0 Å². The van der Waals surface area contributed by atoms with Gasteiger partial charge in [-0.25, -0.2) is 4.79 Å². The molecule has 2 heterocycles. The summed E-state index contributed by atoms with van der Waals surface area (Å²) < 4.78 is 19.7. The van der Waals surface area contributed by atoms with Crippen molar-refractivity contribution in [2.45, 2.75) is 68.8 Å². The van der Waals surface area contributed by atoms with Crippen LogP contribution in [-0.4, -0.2) is 105 Å². The number of hydrogen-bond donors (Lipinski definition) is 5. The van der Waals surface area contributed by atoms with E-state index in [1.54, 1.807) is 6.92 Å². The molecule has 0 spiro atoms. The molecule has 0 radical (unpaired) electrons. The fourth-order valence-electron chi connectivity index (χ4n) is 2.76. The number of carbonyl (C=O) groups is 3. The molecule has 0 bridgehead atoms. The topological polar surface area (TPSA) is 189 Å². The van der Waals surface area contributed by atoms with Gasteiger partial charge in [-0.3, -0.25) is 9.59 Å². The van der Waals surface area contributed by atoms with Gasteiger partial charge in [-0.1, -0.05) is 6.92 Å². The number of ether oxygens (including phenoxy) is 4. The van der Waals surface area contributed by atoms with E-state index in [0.717, 1.165) is 0 Å². The largest absolute Gasteiger partial charge is 0.463 e. The normalized spacial score (nSPS) is 36.9. The number of aliphatic hydroxyl groups is 5. The van der Waals surface area contributed by atoms with Crippen molar-refractivity contribution in [1.29, 1.82) is 0 Å². The minimum Gasteiger partial charge on any atom is -0.463 e. The first kappa shape index (κ1) is 22.6. The molecule has 12 heteroatoms. The predicted molar refractivity (Wildman–Crippen MR) is 85.4 cm³/mol. The van der Waals surface area contributed by atoms with E-state index in [9.17, 15) is 34.8 Å². The molecule has 5 N–H and O–H groups in total. The summed E-state index contributed by atoms with van der Waals surface area (Å²) in [6, 6.07) is 0. The number of ketones is 1. The second-order valence-corrected chi connectivity index (χ2v) is 6.47. The lowest BCUT2D eigenvalue weighted by molar-refractivity contribution is -0.305. The maximum Gasteiger partial charge on any atom is 0.344 e. The second-order valence-electron chi connectivity index (χ2n) is 6.47. The van der Waals surface area contributed by atoms with Crippen LogP contribution in [0, 0.1) is 0 Å². The molecule has 2 fully saturated rings. The summed E-state index contributed by atoms with van der Waals surface area (Å²) in [4.78, 5) is 35.6. The lowest BCUT2D eigenvalue weighted by Crippen LogP contribution is -2.60. The quantitative estimate of drug-likeness (QED) is 0.196. The number of esters is 2. The van der Waals surface area contributed by atoms with E-state index >= 15 is 0 Å². The zero-order valence-corrected chi connectivity index (χ0v) is 15.0. The molecule has 0 aromatic heterocycles. The Morgan fingerprint density at radius 3 is 2.46 bits per heavy atom. The number of cyclic esters (lactones) is 1. The van der Waals surface area contributed by atoms with Gasteiger partial charge in [-0.05, 0) is 6.42 Å². The molecule has 2 unspecified atom stereocenters. The Hall–Kier alpha value is -1.67. The fourth-order valence-corrected chi connectivity index (χ4v) is 2.76. The van der Waals surface area contributed by atoms with Gasteiger partial charge >= 0.3 is 11.9 Å². The third kappa shape index (κ3) is 4.84. The standard InChI is InChI=1S/C16H24O12/c1-2-3-8(19)25-5-6(18)13-12(23)14(15(24)27-13)28-16-11(22)10(21)9(20)7(4-17)26-16/h6-7,9-11,13-14,16-18,20-22H,2-5H2,1H3/t6-,7-,9-,10+,11-,13?,14?,16-/m1/s1. The van der Waals surface area contributed by atoms with Crippen molar-refractivity contribution < 1.29 is 58.9 Å². The van der Waals surface area contributed by atoms with E-state index in [2.05, 4.69) is 0 Å². The first-order valence-corrected chi connectivity index (χ1v) is 8.75. The molecule has 2 rings (SSSR count). The van der Waals surface area contributed by atoms with Crippen LogP contribution in [0.2, 0.25) is 0 Å². The molecule has 0 aromatic rings. The van der Waals surface area contributed by atoms with Crippen LogP contribution in [0.1, 0.15) is 19.8 Å². The van der Waals surface area contributed by atoms with Gasteiger partial charge in [0.15, 0.2) is 12.4 Å². The van der Waals surface area contributed by atoms with E-state index in [0.29, 0.717) is 6.42 Å². The molecule has 12 nitrogen and oxygen atoms in total. The molecule has 0 aliphatic carbocycles. The minimum atomic E-state index is -1.88. The molecule has 0 amide bonds. The molecule has 2 aliphatic rings. The number of Topliss-reactive ketones (excluding diaryl/α,β-unsaturated/α-hetero) is 1. The lowest BCUT2D eigenvalue weighted by Gasteiger charge is -2.39. The van der Waals surface area contributed by atoms with E-state index in [4.69, 9.17) is 24.1 Å². The van der Waals surface area contributed by atoms with Crippen LogP contribution in [0.5, 0.6) is 0 Å². The van der Waals surface area contributed by atoms with Gasteiger partial charge in [0.25, 0.3) is 0 Å². The molecular formula is C16H24O12. The Morgan fingerprint density at radius 2 is 1.86 bits per heavy atom. The summed E-state index contributed by atoms with van der Waals surface area (Å²) in [5.41, 5.74) is 0. The van der Waals surface area contributed by atoms with Crippen molar-refractivity contribution in [1.82, 2.24) is 0 Å². The maximum absolute atomic E-state index is 12.3. The Kier molecular flexibility index (Phi) is 7.83. The molecule has 160 valence electrons. The van der Waals surface area contributed by atoms with E-state index < -0.39 is 80.0 Å². The maximum atomic E-state index is 12.3. The third-order valence-electron chi connectivity index (χ3n) is 4.33. The Balaban J connectivity index is 1.98. The molecule has 28 heavy (non-hydrogen) atoms. The van der Waals surface area contributed by atoms with E-state index in [-0.39, 0.29) is 6.42 Å².